The van der Waals surface area contributed by atoms with E-state index in [0.717, 1.165) is 11.0 Å². The number of anilines is 1. The Morgan fingerprint density at radius 3 is 2.81 bits per heavy atom. The third-order valence-electron chi connectivity index (χ3n) is 4.97. The average Bonchev–Trinajstić information content (AvgIpc) is 2.85. The van der Waals surface area contributed by atoms with Crippen LogP contribution in [0.3, 0.4) is 0 Å². The van der Waals surface area contributed by atoms with E-state index in [1.807, 2.05) is 11.6 Å². The smallest absolute Gasteiger partial charge is 0.182 e. The van der Waals surface area contributed by atoms with Crippen LogP contribution < -0.4 is 5.32 Å². The number of fused-ring (bicyclic) bond motifs is 2. The van der Waals surface area contributed by atoms with Gasteiger partial charge in [-0.1, -0.05) is 20.8 Å². The molecule has 2 nitrogen and oxygen atoms in total. The van der Waals surface area contributed by atoms with Gasteiger partial charge in [0.2, 0.25) is 0 Å². The second-order valence-electron chi connectivity index (χ2n) is 6.33. The third-order valence-corrected chi connectivity index (χ3v) is 5.67. The summed E-state index contributed by atoms with van der Waals surface area (Å²) in [6.45, 7) is 7.30. The van der Waals surface area contributed by atoms with Crippen LogP contribution in [0.4, 0.5) is 5.13 Å². The first-order chi connectivity index (χ1) is 7.52. The Morgan fingerprint density at radius 2 is 2.25 bits per heavy atom. The molecule has 0 amide bonds. The Kier molecular flexibility index (Phi) is 2.13. The topological polar surface area (TPSA) is 24.9 Å². The molecule has 2 fully saturated rings. The van der Waals surface area contributed by atoms with E-state index < -0.39 is 0 Å². The molecule has 0 aliphatic heterocycles. The molecule has 3 heteroatoms. The van der Waals surface area contributed by atoms with Crippen LogP contribution in [0.15, 0.2) is 11.6 Å². The van der Waals surface area contributed by atoms with E-state index in [9.17, 15) is 0 Å². The van der Waals surface area contributed by atoms with Crippen LogP contribution in [0.25, 0.3) is 0 Å². The quantitative estimate of drug-likeness (QED) is 0.845. The van der Waals surface area contributed by atoms with Crippen molar-refractivity contribution in [3.63, 3.8) is 0 Å². The highest BCUT2D eigenvalue weighted by atomic mass is 32.1. The molecule has 88 valence electrons. The first kappa shape index (κ1) is 10.6. The van der Waals surface area contributed by atoms with E-state index in [-0.39, 0.29) is 0 Å². The number of hydrogen-bond donors (Lipinski definition) is 1. The van der Waals surface area contributed by atoms with E-state index in [2.05, 4.69) is 31.1 Å². The second-order valence-corrected chi connectivity index (χ2v) is 7.22. The first-order valence-electron chi connectivity index (χ1n) is 6.18. The number of rotatable bonds is 2. The molecule has 1 aromatic rings. The standard InChI is InChI=1S/C13H20N2S/c1-12(2)9-4-5-13(3,8-9)10(12)15-11-14-6-7-16-11/h6-7,9-10H,4-5,8H2,1-3H3,(H,14,15)/t9-,10?,13+/m0/s1. The Balaban J connectivity index is 1.88. The summed E-state index contributed by atoms with van der Waals surface area (Å²) in [5, 5.41) is 6.83. The zero-order valence-corrected chi connectivity index (χ0v) is 11.1. The zero-order chi connectivity index (χ0) is 11.4. The Labute approximate surface area is 101 Å². The molecular weight excluding hydrogens is 216 g/mol. The van der Waals surface area contributed by atoms with Crippen LogP contribution in [-0.2, 0) is 0 Å². The van der Waals surface area contributed by atoms with Gasteiger partial charge in [-0.3, -0.25) is 0 Å². The van der Waals surface area contributed by atoms with E-state index in [0.29, 0.717) is 16.9 Å². The molecule has 1 unspecified atom stereocenters. The number of aromatic nitrogens is 1. The summed E-state index contributed by atoms with van der Waals surface area (Å²) < 4.78 is 0. The van der Waals surface area contributed by atoms with Crippen LogP contribution in [0.1, 0.15) is 40.0 Å². The fraction of sp³-hybridized carbons (Fsp3) is 0.769. The van der Waals surface area contributed by atoms with Crippen molar-refractivity contribution in [2.24, 2.45) is 16.7 Å². The van der Waals surface area contributed by atoms with Gasteiger partial charge in [-0.25, -0.2) is 4.98 Å². The van der Waals surface area contributed by atoms with Gasteiger partial charge in [-0.15, -0.1) is 11.3 Å². The highest BCUT2D eigenvalue weighted by Crippen LogP contribution is 2.63. The highest BCUT2D eigenvalue weighted by molar-refractivity contribution is 7.13. The summed E-state index contributed by atoms with van der Waals surface area (Å²) in [4.78, 5) is 4.37. The normalized spacial score (nSPS) is 40.2. The average molecular weight is 236 g/mol. The lowest BCUT2D eigenvalue weighted by Crippen LogP contribution is -2.45. The van der Waals surface area contributed by atoms with Crippen molar-refractivity contribution in [1.29, 1.82) is 0 Å². The molecule has 3 rings (SSSR count). The molecule has 0 saturated heterocycles. The zero-order valence-electron chi connectivity index (χ0n) is 10.3. The van der Waals surface area contributed by atoms with Crippen LogP contribution in [0.2, 0.25) is 0 Å². The minimum Gasteiger partial charge on any atom is -0.358 e. The lowest BCUT2D eigenvalue weighted by atomic mass is 9.68. The van der Waals surface area contributed by atoms with Gasteiger partial charge < -0.3 is 5.32 Å². The van der Waals surface area contributed by atoms with Crippen molar-refractivity contribution in [3.05, 3.63) is 11.6 Å². The van der Waals surface area contributed by atoms with E-state index in [1.165, 1.54) is 19.3 Å². The Hall–Kier alpha value is -0.570. The SMILES string of the molecule is CC1(C)C(Nc2nccs2)[C@]2(C)CC[C@H]1C2. The predicted molar refractivity (Wildman–Crippen MR) is 68.8 cm³/mol. The fourth-order valence-corrected chi connectivity index (χ4v) is 4.64. The van der Waals surface area contributed by atoms with Crippen molar-refractivity contribution in [2.45, 2.75) is 46.1 Å². The fourth-order valence-electron chi connectivity index (χ4n) is 4.08. The number of nitrogens with zero attached hydrogens (tertiary/aromatic N) is 1. The Bertz CT molecular complexity index is 380. The van der Waals surface area contributed by atoms with Crippen LogP contribution in [0.5, 0.6) is 0 Å². The molecule has 2 aliphatic rings. The summed E-state index contributed by atoms with van der Waals surface area (Å²) in [7, 11) is 0. The van der Waals surface area contributed by atoms with Crippen LogP contribution in [-0.4, -0.2) is 11.0 Å². The van der Waals surface area contributed by atoms with E-state index in [1.54, 1.807) is 11.3 Å². The maximum atomic E-state index is 4.37. The minimum absolute atomic E-state index is 0.415. The van der Waals surface area contributed by atoms with Gasteiger partial charge in [-0.2, -0.15) is 0 Å². The van der Waals surface area contributed by atoms with E-state index >= 15 is 0 Å². The van der Waals surface area contributed by atoms with Gasteiger partial charge >= 0.3 is 0 Å². The van der Waals surface area contributed by atoms with Crippen LogP contribution in [0, 0.1) is 16.7 Å². The Morgan fingerprint density at radius 1 is 1.44 bits per heavy atom. The monoisotopic (exact) mass is 236 g/mol. The third kappa shape index (κ3) is 1.33. The summed E-state index contributed by atoms with van der Waals surface area (Å²) in [6, 6.07) is 0.588. The van der Waals surface area contributed by atoms with Crippen molar-refractivity contribution < 1.29 is 0 Å². The maximum Gasteiger partial charge on any atom is 0.182 e. The van der Waals surface area contributed by atoms with Gasteiger partial charge in [0.05, 0.1) is 0 Å². The lowest BCUT2D eigenvalue weighted by molar-refractivity contribution is 0.155. The number of hydrogen-bond acceptors (Lipinski definition) is 3. The molecule has 2 saturated carbocycles. The summed E-state index contributed by atoms with van der Waals surface area (Å²) in [5.41, 5.74) is 0.901. The maximum absolute atomic E-state index is 4.37. The molecule has 2 aliphatic carbocycles. The van der Waals surface area contributed by atoms with Crippen LogP contribution >= 0.6 is 11.3 Å². The molecule has 0 spiro atoms. The van der Waals surface area contributed by atoms with Crippen molar-refractivity contribution in [2.75, 3.05) is 5.32 Å². The first-order valence-corrected chi connectivity index (χ1v) is 7.06. The van der Waals surface area contributed by atoms with Gasteiger partial charge in [0.25, 0.3) is 0 Å². The molecule has 1 heterocycles. The molecule has 2 bridgehead atoms. The molecular formula is C13H20N2S. The van der Waals surface area contributed by atoms with Gasteiger partial charge in [-0.05, 0) is 36.0 Å². The van der Waals surface area contributed by atoms with Crippen molar-refractivity contribution in [1.82, 2.24) is 4.98 Å². The predicted octanol–water partition coefficient (Wildman–Crippen LogP) is 3.77. The number of nitrogens with one attached hydrogen (secondary N) is 1. The van der Waals surface area contributed by atoms with Gasteiger partial charge in [0.1, 0.15) is 0 Å². The van der Waals surface area contributed by atoms with Gasteiger partial charge in [0, 0.05) is 17.6 Å². The molecule has 16 heavy (non-hydrogen) atoms. The largest absolute Gasteiger partial charge is 0.358 e. The second kappa shape index (κ2) is 3.22. The van der Waals surface area contributed by atoms with E-state index in [4.69, 9.17) is 0 Å². The summed E-state index contributed by atoms with van der Waals surface area (Å²) in [6.07, 6.45) is 6.07. The molecule has 1 N–H and O–H groups in total. The minimum atomic E-state index is 0.415. The molecule has 1 aromatic heterocycles. The molecule has 0 aromatic carbocycles. The number of thiazole rings is 1. The summed E-state index contributed by atoms with van der Waals surface area (Å²) in [5.74, 6) is 0.898. The molecule has 0 radical (unpaired) electrons. The van der Waals surface area contributed by atoms with Crippen molar-refractivity contribution in [3.8, 4) is 0 Å². The van der Waals surface area contributed by atoms with Gasteiger partial charge in [0.15, 0.2) is 5.13 Å². The lowest BCUT2D eigenvalue weighted by Gasteiger charge is -2.43. The summed E-state index contributed by atoms with van der Waals surface area (Å²) >= 11 is 1.71. The van der Waals surface area contributed by atoms with Crippen molar-refractivity contribution >= 4 is 16.5 Å². The highest BCUT2D eigenvalue weighted by Gasteiger charge is 2.59. The molecule has 3 atom stereocenters.